The van der Waals surface area contributed by atoms with Gasteiger partial charge in [-0.25, -0.2) is 24.1 Å². The molecule has 2 aromatic heterocycles. The molecule has 0 unspecified atom stereocenters. The summed E-state index contributed by atoms with van der Waals surface area (Å²) in [5.41, 5.74) is 6.38. The van der Waals surface area contributed by atoms with Crippen LogP contribution in [0, 0.1) is 17.1 Å². The summed E-state index contributed by atoms with van der Waals surface area (Å²) < 4.78 is 16.1. The predicted molar refractivity (Wildman–Crippen MR) is 155 cm³/mol. The molecule has 0 aliphatic carbocycles. The Morgan fingerprint density at radius 3 is 2.66 bits per heavy atom. The van der Waals surface area contributed by atoms with Gasteiger partial charge in [0.2, 0.25) is 0 Å². The summed E-state index contributed by atoms with van der Waals surface area (Å²) in [5, 5.41) is 18.1. The van der Waals surface area contributed by atoms with E-state index in [9.17, 15) is 19.2 Å². The molecule has 0 saturated carbocycles. The first-order valence-corrected chi connectivity index (χ1v) is 12.6. The fraction of sp³-hybridized carbons (Fsp3) is 0.0714. The molecule has 3 aromatic carbocycles. The van der Waals surface area contributed by atoms with Gasteiger partial charge in [0.15, 0.2) is 0 Å². The van der Waals surface area contributed by atoms with Gasteiger partial charge in [-0.05, 0) is 49.4 Å². The van der Waals surface area contributed by atoms with Crippen LogP contribution in [0.1, 0.15) is 24.4 Å². The van der Waals surface area contributed by atoms with E-state index >= 15 is 0 Å². The molecule has 5 N–H and O–H groups in total. The number of hydrogen-bond acceptors (Lipinski definition) is 8. The van der Waals surface area contributed by atoms with E-state index in [0.717, 1.165) is 0 Å². The monoisotopic (exact) mass is 569 g/mol. The minimum atomic E-state index is -0.732. The molecule has 2 heterocycles. The average molecular weight is 570 g/mol. The van der Waals surface area contributed by atoms with Gasteiger partial charge < -0.3 is 21.7 Å². The third-order valence-electron chi connectivity index (χ3n) is 6.09. The number of benzene rings is 3. The number of amides is 2. The number of nitrogen functional groups attached to an aromatic ring is 1. The van der Waals surface area contributed by atoms with Gasteiger partial charge in [-0.1, -0.05) is 35.9 Å². The highest BCUT2D eigenvalue weighted by molar-refractivity contribution is 6.33. The highest BCUT2D eigenvalue weighted by atomic mass is 35.5. The van der Waals surface area contributed by atoms with Crippen molar-refractivity contribution in [3.63, 3.8) is 0 Å². The van der Waals surface area contributed by atoms with Crippen molar-refractivity contribution in [3.8, 4) is 11.8 Å². The van der Waals surface area contributed by atoms with Crippen molar-refractivity contribution in [1.29, 1.82) is 5.26 Å². The third kappa shape index (κ3) is 5.47. The zero-order chi connectivity index (χ0) is 29.1. The van der Waals surface area contributed by atoms with Crippen molar-refractivity contribution >= 4 is 51.5 Å². The molecule has 0 saturated heterocycles. The number of urea groups is 1. The molecule has 0 aliphatic heterocycles. The number of rotatable bonds is 6. The normalized spacial score (nSPS) is 11.5. The number of carbonyl (C=O) groups excluding carboxylic acids is 1. The molecule has 5 aromatic rings. The number of aromatic nitrogens is 4. The zero-order valence-corrected chi connectivity index (χ0v) is 22.1. The Morgan fingerprint density at radius 1 is 1.10 bits per heavy atom. The Labute approximate surface area is 237 Å². The van der Waals surface area contributed by atoms with E-state index in [4.69, 9.17) is 17.3 Å². The smallest absolute Gasteiger partial charge is 0.323 e. The summed E-state index contributed by atoms with van der Waals surface area (Å²) in [6.07, 6.45) is 1.20. The van der Waals surface area contributed by atoms with Crippen LogP contribution in [0.3, 0.4) is 0 Å². The van der Waals surface area contributed by atoms with Crippen LogP contribution in [-0.2, 0) is 0 Å². The minimum Gasteiger partial charge on any atom is -0.382 e. The van der Waals surface area contributed by atoms with Crippen molar-refractivity contribution in [2.45, 2.75) is 13.0 Å². The Bertz CT molecular complexity index is 1900. The maximum atomic E-state index is 14.8. The first kappa shape index (κ1) is 27.0. The molecule has 1 atom stereocenters. The fourth-order valence-corrected chi connectivity index (χ4v) is 4.39. The second-order valence-corrected chi connectivity index (χ2v) is 9.22. The highest BCUT2D eigenvalue weighted by Crippen LogP contribution is 2.26. The number of para-hydroxylation sites is 1. The lowest BCUT2D eigenvalue weighted by Gasteiger charge is -2.21. The van der Waals surface area contributed by atoms with Crippen molar-refractivity contribution < 1.29 is 9.18 Å². The summed E-state index contributed by atoms with van der Waals surface area (Å²) in [7, 11) is 0. The summed E-state index contributed by atoms with van der Waals surface area (Å²) in [6, 6.07) is 18.0. The molecule has 2 amide bonds. The standard InChI is InChI=1S/C28H21ClFN9O2/c1-15(35-25-18(13-31)24(32)33-14-34-25)26-37-22-11-5-9-20(30)23(22)27(40)39(26)17-7-4-6-16(12-17)36-28(41)38-21-10-3-2-8-19(21)29/h2-12,14-15H,1H3,(H2,36,38,41)(H3,32,33,34,35)/t15-/m0/s1. The van der Waals surface area contributed by atoms with Gasteiger partial charge in [0.05, 0.1) is 28.0 Å². The number of nitriles is 1. The van der Waals surface area contributed by atoms with Crippen LogP contribution in [0.25, 0.3) is 16.6 Å². The number of carbonyl (C=O) groups is 1. The average Bonchev–Trinajstić information content (AvgIpc) is 2.94. The van der Waals surface area contributed by atoms with Crippen LogP contribution < -0.4 is 27.2 Å². The molecule has 0 aliphatic rings. The molecule has 0 spiro atoms. The summed E-state index contributed by atoms with van der Waals surface area (Å²) in [6.45, 7) is 1.70. The molecule has 0 fully saturated rings. The lowest BCUT2D eigenvalue weighted by molar-refractivity contribution is 0.262. The van der Waals surface area contributed by atoms with E-state index in [1.54, 1.807) is 55.5 Å². The lowest BCUT2D eigenvalue weighted by Crippen LogP contribution is -2.28. The second-order valence-electron chi connectivity index (χ2n) is 8.81. The predicted octanol–water partition coefficient (Wildman–Crippen LogP) is 5.24. The molecular formula is C28H21ClFN9O2. The van der Waals surface area contributed by atoms with E-state index in [1.807, 2.05) is 6.07 Å². The fourth-order valence-electron chi connectivity index (χ4n) is 4.21. The van der Waals surface area contributed by atoms with Gasteiger partial charge in [-0.15, -0.1) is 0 Å². The largest absolute Gasteiger partial charge is 0.382 e. The van der Waals surface area contributed by atoms with Gasteiger partial charge in [0.1, 0.15) is 46.6 Å². The van der Waals surface area contributed by atoms with Crippen LogP contribution >= 0.6 is 11.6 Å². The van der Waals surface area contributed by atoms with Gasteiger partial charge in [0.25, 0.3) is 5.56 Å². The molecule has 11 nitrogen and oxygen atoms in total. The first-order chi connectivity index (χ1) is 19.8. The maximum absolute atomic E-state index is 14.8. The third-order valence-corrected chi connectivity index (χ3v) is 6.42. The van der Waals surface area contributed by atoms with Crippen molar-refractivity contribution in [1.82, 2.24) is 19.5 Å². The molecule has 41 heavy (non-hydrogen) atoms. The van der Waals surface area contributed by atoms with E-state index in [2.05, 4.69) is 30.9 Å². The molecular weight excluding hydrogens is 549 g/mol. The van der Waals surface area contributed by atoms with Crippen LogP contribution in [0.5, 0.6) is 0 Å². The summed E-state index contributed by atoms with van der Waals surface area (Å²) >= 11 is 6.13. The molecule has 204 valence electrons. The number of anilines is 4. The Kier molecular flexibility index (Phi) is 7.45. The van der Waals surface area contributed by atoms with E-state index in [0.29, 0.717) is 22.1 Å². The number of nitrogens with two attached hydrogens (primary N) is 1. The van der Waals surface area contributed by atoms with Crippen molar-refractivity contribution in [3.05, 3.63) is 106 Å². The van der Waals surface area contributed by atoms with Crippen LogP contribution in [0.4, 0.5) is 32.2 Å². The number of nitrogens with one attached hydrogen (secondary N) is 3. The van der Waals surface area contributed by atoms with Crippen LogP contribution in [0.2, 0.25) is 5.02 Å². The SMILES string of the molecule is C[C@H](Nc1ncnc(N)c1C#N)c1nc2cccc(F)c2c(=O)n1-c1cccc(NC(=O)Nc2ccccc2Cl)c1. The first-order valence-electron chi connectivity index (χ1n) is 12.2. The van der Waals surface area contributed by atoms with Gasteiger partial charge in [-0.2, -0.15) is 5.26 Å². The van der Waals surface area contributed by atoms with Gasteiger partial charge in [0, 0.05) is 5.69 Å². The molecule has 5 rings (SSSR count). The minimum absolute atomic E-state index is 0.0167. The topological polar surface area (TPSA) is 164 Å². The van der Waals surface area contributed by atoms with Gasteiger partial charge >= 0.3 is 6.03 Å². The maximum Gasteiger partial charge on any atom is 0.323 e. The Hall–Kier alpha value is -5.54. The number of hydrogen-bond donors (Lipinski definition) is 4. The quantitative estimate of drug-likeness (QED) is 0.216. The second kappa shape index (κ2) is 11.3. The summed E-state index contributed by atoms with van der Waals surface area (Å²) in [5.74, 6) is -0.423. The highest BCUT2D eigenvalue weighted by Gasteiger charge is 2.22. The van der Waals surface area contributed by atoms with Gasteiger partial charge in [-0.3, -0.25) is 9.36 Å². The molecule has 13 heteroatoms. The van der Waals surface area contributed by atoms with E-state index in [-0.39, 0.29) is 33.9 Å². The number of nitrogens with zero attached hydrogens (tertiary/aromatic N) is 5. The van der Waals surface area contributed by atoms with E-state index in [1.165, 1.54) is 29.1 Å². The Morgan fingerprint density at radius 2 is 1.88 bits per heavy atom. The van der Waals surface area contributed by atoms with Crippen molar-refractivity contribution in [2.24, 2.45) is 0 Å². The number of halogens is 2. The van der Waals surface area contributed by atoms with Crippen molar-refractivity contribution in [2.75, 3.05) is 21.7 Å². The van der Waals surface area contributed by atoms with Crippen LogP contribution in [0.15, 0.2) is 77.9 Å². The Balaban J connectivity index is 1.57. The lowest BCUT2D eigenvalue weighted by atomic mass is 10.1. The van der Waals surface area contributed by atoms with E-state index < -0.39 is 23.4 Å². The molecule has 0 radical (unpaired) electrons. The number of fused-ring (bicyclic) bond motifs is 1. The van der Waals surface area contributed by atoms with Crippen LogP contribution in [-0.4, -0.2) is 25.6 Å². The zero-order valence-electron chi connectivity index (χ0n) is 21.4. The molecule has 0 bridgehead atoms. The summed E-state index contributed by atoms with van der Waals surface area (Å²) in [4.78, 5) is 38.9.